The number of fused-ring (bicyclic) bond motifs is 1. The van der Waals surface area contributed by atoms with Crippen LogP contribution in [0, 0.1) is 13.8 Å². The van der Waals surface area contributed by atoms with Gasteiger partial charge >= 0.3 is 12.0 Å². The van der Waals surface area contributed by atoms with Gasteiger partial charge in [0.15, 0.2) is 0 Å². The van der Waals surface area contributed by atoms with Crippen LogP contribution in [0.1, 0.15) is 39.5 Å². The number of amides is 4. The molecule has 5 rings (SSSR count). The summed E-state index contributed by atoms with van der Waals surface area (Å²) >= 11 is 0. The highest BCUT2D eigenvalue weighted by molar-refractivity contribution is 6.39. The summed E-state index contributed by atoms with van der Waals surface area (Å²) < 4.78 is 11.2. The molecule has 1 aliphatic rings. The lowest BCUT2D eigenvalue weighted by Crippen LogP contribution is -2.54. The van der Waals surface area contributed by atoms with Crippen molar-refractivity contribution in [2.45, 2.75) is 27.4 Å². The van der Waals surface area contributed by atoms with Crippen LogP contribution in [0.5, 0.6) is 5.75 Å². The van der Waals surface area contributed by atoms with Crippen molar-refractivity contribution in [3.63, 3.8) is 0 Å². The zero-order valence-corrected chi connectivity index (χ0v) is 22.9. The number of carbonyl (C=O) groups is 4. The molecule has 0 bridgehead atoms. The predicted molar refractivity (Wildman–Crippen MR) is 156 cm³/mol. The third-order valence-electron chi connectivity index (χ3n) is 6.92. The van der Waals surface area contributed by atoms with Crippen LogP contribution in [-0.2, 0) is 20.9 Å². The molecule has 4 amide bonds. The zero-order valence-electron chi connectivity index (χ0n) is 22.9. The average molecular weight is 549 g/mol. The molecule has 0 radical (unpaired) electrons. The number of hydrogen-bond donors (Lipinski definition) is 1. The minimum Gasteiger partial charge on any atom is -0.488 e. The first kappa shape index (κ1) is 27.3. The maximum Gasteiger partial charge on any atom is 0.338 e. The molecule has 0 atom stereocenters. The molecule has 206 valence electrons. The van der Waals surface area contributed by atoms with E-state index in [1.54, 1.807) is 13.0 Å². The number of nitrogens with one attached hydrogen (secondary N) is 1. The van der Waals surface area contributed by atoms with Crippen LogP contribution in [0.2, 0.25) is 0 Å². The molecule has 8 nitrogen and oxygen atoms in total. The predicted octanol–water partition coefficient (Wildman–Crippen LogP) is 5.88. The van der Waals surface area contributed by atoms with Crippen LogP contribution >= 0.6 is 0 Å². The molecule has 41 heavy (non-hydrogen) atoms. The maximum atomic E-state index is 13.6. The van der Waals surface area contributed by atoms with Crippen molar-refractivity contribution in [1.82, 2.24) is 5.32 Å². The van der Waals surface area contributed by atoms with E-state index < -0.39 is 23.8 Å². The highest BCUT2D eigenvalue weighted by Gasteiger charge is 2.37. The lowest BCUT2D eigenvalue weighted by atomic mass is 9.99. The molecule has 0 unspecified atom stereocenters. The van der Waals surface area contributed by atoms with Gasteiger partial charge in [-0.3, -0.25) is 14.9 Å². The summed E-state index contributed by atoms with van der Waals surface area (Å²) in [5, 5.41) is 3.92. The van der Waals surface area contributed by atoms with Gasteiger partial charge in [-0.1, -0.05) is 48.5 Å². The number of esters is 1. The summed E-state index contributed by atoms with van der Waals surface area (Å²) in [6.45, 7) is 6.28. The van der Waals surface area contributed by atoms with E-state index in [1.165, 1.54) is 35.9 Å². The molecule has 1 N–H and O–H groups in total. The van der Waals surface area contributed by atoms with Gasteiger partial charge in [-0.05, 0) is 84.6 Å². The molecule has 8 heteroatoms. The molecule has 0 aliphatic carbocycles. The monoisotopic (exact) mass is 548 g/mol. The first-order valence-electron chi connectivity index (χ1n) is 13.2. The van der Waals surface area contributed by atoms with Gasteiger partial charge in [0.2, 0.25) is 0 Å². The topological polar surface area (TPSA) is 102 Å². The minimum atomic E-state index is -0.884. The normalized spacial score (nSPS) is 14.4. The highest BCUT2D eigenvalue weighted by atomic mass is 16.5. The smallest absolute Gasteiger partial charge is 0.338 e. The summed E-state index contributed by atoms with van der Waals surface area (Å²) in [4.78, 5) is 52.2. The molecule has 4 aromatic rings. The maximum absolute atomic E-state index is 13.6. The number of nitrogens with zero attached hydrogens (tertiary/aromatic N) is 1. The quantitative estimate of drug-likeness (QED) is 0.176. The number of anilines is 1. The summed E-state index contributed by atoms with van der Waals surface area (Å²) in [7, 11) is 0. The Morgan fingerprint density at radius 3 is 2.39 bits per heavy atom. The molecule has 0 spiro atoms. The molecule has 1 saturated heterocycles. The van der Waals surface area contributed by atoms with Crippen molar-refractivity contribution in [3.05, 3.63) is 112 Å². The first-order valence-corrected chi connectivity index (χ1v) is 13.2. The SMILES string of the molecule is CCOC(=O)c1ccc(N2C(=O)NC(=O)/C(=C\c3c(OCc4ccc(C)c(C)c4)ccc4ccccc34)C2=O)cc1. The number of barbiturate groups is 1. The molecular formula is C33H28N2O6. The van der Waals surface area contributed by atoms with E-state index in [-0.39, 0.29) is 30.0 Å². The Morgan fingerprint density at radius 1 is 0.902 bits per heavy atom. The number of imide groups is 2. The summed E-state index contributed by atoms with van der Waals surface area (Å²) in [5.41, 5.74) is 4.09. The van der Waals surface area contributed by atoms with Crippen LogP contribution in [0.3, 0.4) is 0 Å². The second kappa shape index (κ2) is 11.5. The van der Waals surface area contributed by atoms with Crippen LogP contribution in [0.25, 0.3) is 16.8 Å². The molecule has 1 fully saturated rings. The fraction of sp³-hybridized carbons (Fsp3) is 0.152. The van der Waals surface area contributed by atoms with Crippen molar-refractivity contribution in [2.24, 2.45) is 0 Å². The number of urea groups is 1. The summed E-state index contributed by atoms with van der Waals surface area (Å²) in [6, 6.07) is 22.3. The van der Waals surface area contributed by atoms with E-state index in [0.29, 0.717) is 11.3 Å². The first-order chi connectivity index (χ1) is 19.8. The number of benzene rings is 4. The molecule has 1 aliphatic heterocycles. The molecule has 4 aromatic carbocycles. The van der Waals surface area contributed by atoms with E-state index in [1.807, 2.05) is 56.3 Å². The Balaban J connectivity index is 1.52. The Morgan fingerprint density at radius 2 is 1.66 bits per heavy atom. The zero-order chi connectivity index (χ0) is 29.1. The van der Waals surface area contributed by atoms with Gasteiger partial charge in [0, 0.05) is 5.56 Å². The standard InChI is InChI=1S/C33H28N2O6/c1-4-40-32(38)24-11-14-25(15-12-24)35-31(37)28(30(36)34-33(35)39)18-27-26-8-6-5-7-23(26)13-16-29(27)41-19-22-10-9-20(2)21(3)17-22/h5-18H,4,19H2,1-3H3,(H,34,36,39)/b28-18+. The molecule has 0 saturated carbocycles. The Bertz CT molecular complexity index is 1720. The largest absolute Gasteiger partial charge is 0.488 e. The van der Waals surface area contributed by atoms with Crippen molar-refractivity contribution in [1.29, 1.82) is 0 Å². The molecular weight excluding hydrogens is 520 g/mol. The Labute approximate surface area is 237 Å². The third kappa shape index (κ3) is 5.58. The fourth-order valence-electron chi connectivity index (χ4n) is 4.60. The Kier molecular flexibility index (Phi) is 7.65. The highest BCUT2D eigenvalue weighted by Crippen LogP contribution is 2.32. The molecule has 0 aromatic heterocycles. The van der Waals surface area contributed by atoms with Gasteiger partial charge < -0.3 is 9.47 Å². The minimum absolute atomic E-state index is 0.197. The van der Waals surface area contributed by atoms with Crippen LogP contribution in [-0.4, -0.2) is 30.4 Å². The van der Waals surface area contributed by atoms with E-state index in [2.05, 4.69) is 11.4 Å². The van der Waals surface area contributed by atoms with Crippen molar-refractivity contribution in [3.8, 4) is 5.75 Å². The second-order valence-electron chi connectivity index (χ2n) is 9.63. The number of rotatable bonds is 7. The van der Waals surface area contributed by atoms with Gasteiger partial charge in [-0.25, -0.2) is 14.5 Å². The van der Waals surface area contributed by atoms with Gasteiger partial charge in [-0.2, -0.15) is 0 Å². The fourth-order valence-corrected chi connectivity index (χ4v) is 4.60. The van der Waals surface area contributed by atoms with E-state index in [0.717, 1.165) is 26.8 Å². The van der Waals surface area contributed by atoms with Gasteiger partial charge in [0.1, 0.15) is 17.9 Å². The average Bonchev–Trinajstić information content (AvgIpc) is 2.96. The second-order valence-corrected chi connectivity index (χ2v) is 9.63. The van der Waals surface area contributed by atoms with Crippen LogP contribution in [0.15, 0.2) is 84.4 Å². The van der Waals surface area contributed by atoms with Crippen molar-refractivity contribution >= 4 is 46.4 Å². The number of ether oxygens (including phenoxy) is 2. The number of carbonyl (C=O) groups excluding carboxylic acids is 4. The summed E-state index contributed by atoms with van der Waals surface area (Å²) in [5.74, 6) is -1.64. The lowest BCUT2D eigenvalue weighted by molar-refractivity contribution is -0.122. The van der Waals surface area contributed by atoms with Gasteiger partial charge in [-0.15, -0.1) is 0 Å². The van der Waals surface area contributed by atoms with Crippen molar-refractivity contribution < 1.29 is 28.7 Å². The van der Waals surface area contributed by atoms with Crippen LogP contribution in [0.4, 0.5) is 10.5 Å². The van der Waals surface area contributed by atoms with Crippen molar-refractivity contribution in [2.75, 3.05) is 11.5 Å². The van der Waals surface area contributed by atoms with E-state index in [9.17, 15) is 19.2 Å². The number of aryl methyl sites for hydroxylation is 2. The third-order valence-corrected chi connectivity index (χ3v) is 6.92. The van der Waals surface area contributed by atoms with E-state index in [4.69, 9.17) is 9.47 Å². The number of hydrogen-bond acceptors (Lipinski definition) is 6. The summed E-state index contributed by atoms with van der Waals surface area (Å²) in [6.07, 6.45) is 1.46. The van der Waals surface area contributed by atoms with Gasteiger partial charge in [0.05, 0.1) is 17.9 Å². The van der Waals surface area contributed by atoms with Gasteiger partial charge in [0.25, 0.3) is 11.8 Å². The van der Waals surface area contributed by atoms with Crippen LogP contribution < -0.4 is 15.0 Å². The lowest BCUT2D eigenvalue weighted by Gasteiger charge is -2.26. The van der Waals surface area contributed by atoms with E-state index >= 15 is 0 Å². The molecule has 1 heterocycles. The Hall–Kier alpha value is -5.24.